The maximum Gasteiger partial charge on any atom is 0.160 e. The summed E-state index contributed by atoms with van der Waals surface area (Å²) >= 11 is 0. The molecule has 19 heavy (non-hydrogen) atoms. The van der Waals surface area contributed by atoms with E-state index in [1.54, 1.807) is 12.1 Å². The zero-order valence-electron chi connectivity index (χ0n) is 9.85. The molecule has 0 aromatic carbocycles. The Morgan fingerprint density at radius 3 is 2.95 bits per heavy atom. The van der Waals surface area contributed by atoms with Crippen molar-refractivity contribution in [1.82, 2.24) is 14.6 Å². The van der Waals surface area contributed by atoms with Crippen LogP contribution in [0.2, 0.25) is 0 Å². The van der Waals surface area contributed by atoms with E-state index < -0.39 is 31.1 Å². The predicted octanol–water partition coefficient (Wildman–Crippen LogP) is -0.557. The van der Waals surface area contributed by atoms with Gasteiger partial charge in [-0.15, -0.1) is 0 Å². The molecule has 1 saturated heterocycles. The minimum absolute atomic E-state index is 0.272. The number of aromatic nitrogens is 3. The number of aliphatic hydroxyl groups is 2. The lowest BCUT2D eigenvalue weighted by Crippen LogP contribution is -2.30. The van der Waals surface area contributed by atoms with E-state index in [0.29, 0.717) is 11.2 Å². The largest absolute Gasteiger partial charge is 0.394 e. The molecule has 2 aromatic heterocycles. The smallest absolute Gasteiger partial charge is 0.160 e. The van der Waals surface area contributed by atoms with Crippen molar-refractivity contribution in [2.75, 3.05) is 12.3 Å². The molecule has 102 valence electrons. The highest BCUT2D eigenvalue weighted by Crippen LogP contribution is 2.36. The minimum atomic E-state index is -1.63. The number of nitrogens with two attached hydrogens (primary N) is 1. The predicted molar refractivity (Wildman–Crippen MR) is 63.0 cm³/mol. The molecule has 1 fully saturated rings. The molecule has 0 saturated carbocycles. The first-order valence-corrected chi connectivity index (χ1v) is 5.80. The fourth-order valence-electron chi connectivity index (χ4n) is 2.30. The number of anilines is 1. The number of rotatable bonds is 2. The van der Waals surface area contributed by atoms with Crippen LogP contribution < -0.4 is 5.73 Å². The van der Waals surface area contributed by atoms with Gasteiger partial charge in [-0.3, -0.25) is 0 Å². The van der Waals surface area contributed by atoms with Gasteiger partial charge in [-0.05, 0) is 12.1 Å². The SMILES string of the molecule is Nc1ncnn2c([C@@H]3O[C@H](CO)[C@@H](O)[C@H]3F)ccc12. The van der Waals surface area contributed by atoms with E-state index in [0.717, 1.165) is 0 Å². The van der Waals surface area contributed by atoms with Gasteiger partial charge in [0.2, 0.25) is 0 Å². The lowest BCUT2D eigenvalue weighted by molar-refractivity contribution is -0.0241. The van der Waals surface area contributed by atoms with Gasteiger partial charge in [-0.2, -0.15) is 5.10 Å². The summed E-state index contributed by atoms with van der Waals surface area (Å²) in [4.78, 5) is 3.83. The van der Waals surface area contributed by atoms with Crippen LogP contribution in [0.15, 0.2) is 18.5 Å². The number of ether oxygens (including phenoxy) is 1. The number of nitrogen functional groups attached to an aromatic ring is 1. The second kappa shape index (κ2) is 4.41. The van der Waals surface area contributed by atoms with Crippen LogP contribution in [-0.2, 0) is 4.74 Å². The second-order valence-electron chi connectivity index (χ2n) is 4.41. The first kappa shape index (κ1) is 12.3. The summed E-state index contributed by atoms with van der Waals surface area (Å²) in [7, 11) is 0. The average Bonchev–Trinajstić information content (AvgIpc) is 2.94. The molecule has 0 radical (unpaired) electrons. The molecule has 4 atom stereocenters. The highest BCUT2D eigenvalue weighted by atomic mass is 19.1. The summed E-state index contributed by atoms with van der Waals surface area (Å²) in [6.45, 7) is -0.446. The van der Waals surface area contributed by atoms with Crippen molar-refractivity contribution in [1.29, 1.82) is 0 Å². The van der Waals surface area contributed by atoms with Crippen molar-refractivity contribution in [3.8, 4) is 0 Å². The second-order valence-corrected chi connectivity index (χ2v) is 4.41. The van der Waals surface area contributed by atoms with Crippen LogP contribution in [0.5, 0.6) is 0 Å². The quantitative estimate of drug-likeness (QED) is 0.674. The van der Waals surface area contributed by atoms with Crippen LogP contribution in [0.1, 0.15) is 11.8 Å². The Morgan fingerprint density at radius 2 is 2.26 bits per heavy atom. The third-order valence-electron chi connectivity index (χ3n) is 3.30. The summed E-state index contributed by atoms with van der Waals surface area (Å²) in [5.41, 5.74) is 6.65. The fraction of sp³-hybridized carbons (Fsp3) is 0.455. The van der Waals surface area contributed by atoms with Crippen LogP contribution in [0.25, 0.3) is 5.52 Å². The standard InChI is InChI=1S/C11H13FN4O3/c12-8-9(18)7(3-17)19-10(8)5-1-2-6-11(13)14-4-15-16(5)6/h1-2,4,7-10,17-18H,3H2,(H2,13,14,15)/t7-,8-,9-,10+/m1/s1. The normalized spacial score (nSPS) is 31.1. The van der Waals surface area contributed by atoms with E-state index in [-0.39, 0.29) is 5.82 Å². The Kier molecular flexibility index (Phi) is 2.85. The monoisotopic (exact) mass is 268 g/mol. The maximum absolute atomic E-state index is 14.0. The van der Waals surface area contributed by atoms with E-state index >= 15 is 0 Å². The van der Waals surface area contributed by atoms with E-state index in [1.165, 1.54) is 10.8 Å². The molecular formula is C11H13FN4O3. The molecule has 0 bridgehead atoms. The highest BCUT2D eigenvalue weighted by molar-refractivity contribution is 5.65. The average molecular weight is 268 g/mol. The summed E-state index contributed by atoms with van der Waals surface area (Å²) in [6, 6.07) is 3.27. The molecule has 1 aliphatic heterocycles. The van der Waals surface area contributed by atoms with Crippen molar-refractivity contribution in [2.45, 2.75) is 24.5 Å². The molecule has 8 heteroatoms. The Morgan fingerprint density at radius 1 is 1.47 bits per heavy atom. The molecule has 2 aromatic rings. The van der Waals surface area contributed by atoms with Crippen molar-refractivity contribution in [2.24, 2.45) is 0 Å². The van der Waals surface area contributed by atoms with Crippen LogP contribution in [-0.4, -0.2) is 49.8 Å². The van der Waals surface area contributed by atoms with E-state index in [4.69, 9.17) is 15.6 Å². The van der Waals surface area contributed by atoms with Crippen LogP contribution in [0.4, 0.5) is 10.2 Å². The Labute approximate surface area is 107 Å². The molecule has 4 N–H and O–H groups in total. The zero-order chi connectivity index (χ0) is 13.6. The van der Waals surface area contributed by atoms with Crippen LogP contribution in [0.3, 0.4) is 0 Å². The number of alkyl halides is 1. The van der Waals surface area contributed by atoms with Gasteiger partial charge in [0.05, 0.1) is 12.3 Å². The third kappa shape index (κ3) is 1.76. The topological polar surface area (TPSA) is 106 Å². The van der Waals surface area contributed by atoms with Gasteiger partial charge in [-0.25, -0.2) is 13.9 Å². The van der Waals surface area contributed by atoms with E-state index in [2.05, 4.69) is 10.1 Å². The van der Waals surface area contributed by atoms with Gasteiger partial charge < -0.3 is 20.7 Å². The minimum Gasteiger partial charge on any atom is -0.394 e. The van der Waals surface area contributed by atoms with E-state index in [9.17, 15) is 9.50 Å². The maximum atomic E-state index is 14.0. The summed E-state index contributed by atoms with van der Waals surface area (Å²) in [5.74, 6) is 0.272. The van der Waals surface area contributed by atoms with Gasteiger partial charge in [0, 0.05) is 0 Å². The van der Waals surface area contributed by atoms with E-state index in [1.807, 2.05) is 0 Å². The molecule has 3 heterocycles. The van der Waals surface area contributed by atoms with Crippen LogP contribution >= 0.6 is 0 Å². The molecule has 3 rings (SSSR count). The molecule has 0 aliphatic carbocycles. The van der Waals surface area contributed by atoms with Crippen molar-refractivity contribution < 1.29 is 19.3 Å². The molecule has 0 spiro atoms. The van der Waals surface area contributed by atoms with Gasteiger partial charge in [0.15, 0.2) is 12.0 Å². The number of halogens is 1. The number of hydrogen-bond acceptors (Lipinski definition) is 6. The summed E-state index contributed by atoms with van der Waals surface area (Å²) in [6.07, 6.45) is -3.67. The molecule has 1 aliphatic rings. The zero-order valence-corrected chi connectivity index (χ0v) is 9.85. The van der Waals surface area contributed by atoms with Gasteiger partial charge in [0.1, 0.15) is 30.2 Å². The molecule has 0 amide bonds. The van der Waals surface area contributed by atoms with Crippen molar-refractivity contribution in [3.05, 3.63) is 24.2 Å². The fourth-order valence-corrected chi connectivity index (χ4v) is 2.30. The summed E-state index contributed by atoms with van der Waals surface area (Å²) in [5, 5.41) is 22.6. The lowest BCUT2D eigenvalue weighted by Gasteiger charge is -2.12. The summed E-state index contributed by atoms with van der Waals surface area (Å²) < 4.78 is 20.8. The van der Waals surface area contributed by atoms with Crippen LogP contribution in [0, 0.1) is 0 Å². The van der Waals surface area contributed by atoms with Gasteiger partial charge in [0.25, 0.3) is 0 Å². The van der Waals surface area contributed by atoms with Crippen molar-refractivity contribution in [3.63, 3.8) is 0 Å². The molecule has 0 unspecified atom stereocenters. The third-order valence-corrected chi connectivity index (χ3v) is 3.30. The molecule has 7 nitrogen and oxygen atoms in total. The Hall–Kier alpha value is -1.77. The number of aliphatic hydroxyl groups excluding tert-OH is 2. The number of hydrogen-bond donors (Lipinski definition) is 3. The first-order chi connectivity index (χ1) is 9.13. The number of fused-ring (bicyclic) bond motifs is 1. The highest BCUT2D eigenvalue weighted by Gasteiger charge is 2.45. The number of nitrogens with zero attached hydrogens (tertiary/aromatic N) is 3. The van der Waals surface area contributed by atoms with Gasteiger partial charge >= 0.3 is 0 Å². The van der Waals surface area contributed by atoms with Crippen molar-refractivity contribution >= 4 is 11.3 Å². The Balaban J connectivity index is 2.04. The first-order valence-electron chi connectivity index (χ1n) is 5.80. The Bertz CT molecular complexity index is 605. The van der Waals surface area contributed by atoms with Gasteiger partial charge in [-0.1, -0.05) is 0 Å². The lowest BCUT2D eigenvalue weighted by atomic mass is 10.1. The molecular weight excluding hydrogens is 255 g/mol.